The average molecular weight is 269 g/mol. The number of amides is 1. The molecule has 94 valence electrons. The molecule has 0 aliphatic rings. The molecule has 1 aromatic heterocycles. The van der Waals surface area contributed by atoms with E-state index in [1.807, 2.05) is 0 Å². The van der Waals surface area contributed by atoms with Crippen LogP contribution in [-0.2, 0) is 4.79 Å². The van der Waals surface area contributed by atoms with E-state index in [-0.39, 0.29) is 10.9 Å². The van der Waals surface area contributed by atoms with Crippen molar-refractivity contribution in [3.63, 3.8) is 0 Å². The van der Waals surface area contributed by atoms with Crippen LogP contribution in [0.3, 0.4) is 0 Å². The number of hydrogen-bond acceptors (Lipinski definition) is 3. The minimum Gasteiger partial charge on any atom is -0.324 e. The Morgan fingerprint density at radius 2 is 2.33 bits per heavy atom. The summed E-state index contributed by atoms with van der Waals surface area (Å²) < 4.78 is 14.6. The lowest BCUT2D eigenvalue weighted by molar-refractivity contribution is -0.119. The van der Waals surface area contributed by atoms with Crippen molar-refractivity contribution >= 4 is 23.2 Å². The Hall–Kier alpha value is -1.95. The number of halogens is 2. The van der Waals surface area contributed by atoms with Crippen molar-refractivity contribution in [2.24, 2.45) is 0 Å². The molecule has 1 aromatic carbocycles. The monoisotopic (exact) mass is 268 g/mol. The van der Waals surface area contributed by atoms with Crippen LogP contribution in [0.5, 0.6) is 0 Å². The second-order valence-electron chi connectivity index (χ2n) is 3.67. The van der Waals surface area contributed by atoms with E-state index < -0.39 is 11.9 Å². The number of nitrogens with zero attached hydrogens (tertiary/aromatic N) is 3. The summed E-state index contributed by atoms with van der Waals surface area (Å²) in [6.07, 6.45) is 2.78. The van der Waals surface area contributed by atoms with Crippen LogP contribution in [0.2, 0.25) is 5.02 Å². The lowest BCUT2D eigenvalue weighted by Gasteiger charge is -2.12. The Bertz CT molecular complexity index is 558. The van der Waals surface area contributed by atoms with Gasteiger partial charge >= 0.3 is 0 Å². The first kappa shape index (κ1) is 12.5. The number of anilines is 1. The van der Waals surface area contributed by atoms with Crippen LogP contribution in [0.25, 0.3) is 0 Å². The van der Waals surface area contributed by atoms with E-state index in [1.165, 1.54) is 29.5 Å². The van der Waals surface area contributed by atoms with Gasteiger partial charge < -0.3 is 5.32 Å². The molecule has 0 bridgehead atoms. The molecule has 1 amide bonds. The van der Waals surface area contributed by atoms with Gasteiger partial charge in [-0.15, -0.1) is 0 Å². The van der Waals surface area contributed by atoms with Gasteiger partial charge in [0.05, 0.1) is 5.02 Å². The summed E-state index contributed by atoms with van der Waals surface area (Å²) >= 11 is 5.55. The van der Waals surface area contributed by atoms with Crippen molar-refractivity contribution in [2.45, 2.75) is 13.0 Å². The summed E-state index contributed by atoms with van der Waals surface area (Å²) in [7, 11) is 0. The summed E-state index contributed by atoms with van der Waals surface area (Å²) in [6.45, 7) is 1.66. The van der Waals surface area contributed by atoms with Crippen LogP contribution in [0, 0.1) is 5.82 Å². The SMILES string of the molecule is C[C@H](C(=O)Nc1ccc(Cl)c(F)c1)n1cncn1. The normalized spacial score (nSPS) is 12.2. The molecule has 1 atom stereocenters. The molecule has 0 radical (unpaired) electrons. The third kappa shape index (κ3) is 2.65. The molecule has 1 heterocycles. The van der Waals surface area contributed by atoms with Crippen molar-refractivity contribution in [3.8, 4) is 0 Å². The molecule has 7 heteroatoms. The highest BCUT2D eigenvalue weighted by molar-refractivity contribution is 6.30. The fraction of sp³-hybridized carbons (Fsp3) is 0.182. The topological polar surface area (TPSA) is 59.8 Å². The summed E-state index contributed by atoms with van der Waals surface area (Å²) in [5, 5.41) is 6.44. The Labute approximate surface area is 108 Å². The second kappa shape index (κ2) is 5.14. The van der Waals surface area contributed by atoms with Crippen molar-refractivity contribution in [1.82, 2.24) is 14.8 Å². The summed E-state index contributed by atoms with van der Waals surface area (Å²) in [5.41, 5.74) is 0.342. The quantitative estimate of drug-likeness (QED) is 0.929. The Morgan fingerprint density at radius 3 is 2.94 bits per heavy atom. The average Bonchev–Trinajstić information content (AvgIpc) is 2.86. The fourth-order valence-corrected chi connectivity index (χ4v) is 1.48. The van der Waals surface area contributed by atoms with E-state index in [9.17, 15) is 9.18 Å². The van der Waals surface area contributed by atoms with Crippen molar-refractivity contribution in [2.75, 3.05) is 5.32 Å². The van der Waals surface area contributed by atoms with E-state index in [4.69, 9.17) is 11.6 Å². The number of benzene rings is 1. The highest BCUT2D eigenvalue weighted by Gasteiger charge is 2.15. The van der Waals surface area contributed by atoms with Crippen molar-refractivity contribution < 1.29 is 9.18 Å². The molecular formula is C11H10ClFN4O. The first-order valence-electron chi connectivity index (χ1n) is 5.18. The zero-order chi connectivity index (χ0) is 13.1. The number of rotatable bonds is 3. The smallest absolute Gasteiger partial charge is 0.249 e. The number of carbonyl (C=O) groups excluding carboxylic acids is 1. The third-order valence-corrected chi connectivity index (χ3v) is 2.71. The highest BCUT2D eigenvalue weighted by atomic mass is 35.5. The Balaban J connectivity index is 2.09. The number of carbonyl (C=O) groups is 1. The minimum atomic E-state index is -0.581. The molecular weight excluding hydrogens is 259 g/mol. The number of nitrogens with one attached hydrogen (secondary N) is 1. The predicted octanol–water partition coefficient (Wildman–Crippen LogP) is 2.27. The Morgan fingerprint density at radius 1 is 1.56 bits per heavy atom. The Kier molecular flexibility index (Phi) is 3.57. The molecule has 0 saturated carbocycles. The van der Waals surface area contributed by atoms with Crippen LogP contribution in [-0.4, -0.2) is 20.7 Å². The molecule has 0 spiro atoms. The van der Waals surface area contributed by atoms with Gasteiger partial charge in [0.15, 0.2) is 0 Å². The third-order valence-electron chi connectivity index (χ3n) is 2.40. The fourth-order valence-electron chi connectivity index (χ4n) is 1.36. The van der Waals surface area contributed by atoms with Gasteiger partial charge in [-0.05, 0) is 25.1 Å². The number of aromatic nitrogens is 3. The van der Waals surface area contributed by atoms with E-state index in [1.54, 1.807) is 6.92 Å². The maximum Gasteiger partial charge on any atom is 0.249 e. The summed E-state index contributed by atoms with van der Waals surface area (Å²) in [5.74, 6) is -0.898. The van der Waals surface area contributed by atoms with E-state index in [0.29, 0.717) is 5.69 Å². The molecule has 2 rings (SSSR count). The van der Waals surface area contributed by atoms with Gasteiger partial charge in [0.1, 0.15) is 24.5 Å². The van der Waals surface area contributed by atoms with Crippen LogP contribution in [0.4, 0.5) is 10.1 Å². The standard InChI is InChI=1S/C11H10ClFN4O/c1-7(17-6-14-5-15-17)11(18)16-8-2-3-9(12)10(13)4-8/h2-7H,1H3,(H,16,18)/t7-/m1/s1. The molecule has 0 fully saturated rings. The van der Waals surface area contributed by atoms with Crippen molar-refractivity contribution in [1.29, 1.82) is 0 Å². The van der Waals surface area contributed by atoms with Gasteiger partial charge in [0.2, 0.25) is 5.91 Å². The summed E-state index contributed by atoms with van der Waals surface area (Å²) in [4.78, 5) is 15.6. The van der Waals surface area contributed by atoms with Gasteiger partial charge in [-0.2, -0.15) is 5.10 Å². The van der Waals surface area contributed by atoms with Crippen LogP contribution in [0.15, 0.2) is 30.9 Å². The lowest BCUT2D eigenvalue weighted by atomic mass is 10.2. The zero-order valence-electron chi connectivity index (χ0n) is 9.47. The molecule has 5 nitrogen and oxygen atoms in total. The predicted molar refractivity (Wildman–Crippen MR) is 64.8 cm³/mol. The van der Waals surface area contributed by atoms with Gasteiger partial charge in [0.25, 0.3) is 0 Å². The molecule has 1 N–H and O–H groups in total. The first-order chi connectivity index (χ1) is 8.58. The second-order valence-corrected chi connectivity index (χ2v) is 4.08. The molecule has 18 heavy (non-hydrogen) atoms. The van der Waals surface area contributed by atoms with Gasteiger partial charge in [0, 0.05) is 5.69 Å². The molecule has 0 saturated heterocycles. The van der Waals surface area contributed by atoms with E-state index in [2.05, 4.69) is 15.4 Å². The molecule has 2 aromatic rings. The summed E-state index contributed by atoms with van der Waals surface area (Å²) in [6, 6.07) is 3.53. The van der Waals surface area contributed by atoms with E-state index in [0.717, 1.165) is 6.07 Å². The molecule has 0 unspecified atom stereocenters. The highest BCUT2D eigenvalue weighted by Crippen LogP contribution is 2.19. The maximum atomic E-state index is 13.2. The van der Waals surface area contributed by atoms with Gasteiger partial charge in [-0.1, -0.05) is 11.6 Å². The van der Waals surface area contributed by atoms with Crippen molar-refractivity contribution in [3.05, 3.63) is 41.7 Å². The zero-order valence-corrected chi connectivity index (χ0v) is 10.2. The van der Waals surface area contributed by atoms with Crippen LogP contribution in [0.1, 0.15) is 13.0 Å². The largest absolute Gasteiger partial charge is 0.324 e. The van der Waals surface area contributed by atoms with Gasteiger partial charge in [-0.25, -0.2) is 14.1 Å². The van der Waals surface area contributed by atoms with E-state index >= 15 is 0 Å². The minimum absolute atomic E-state index is 0.0114. The maximum absolute atomic E-state index is 13.2. The first-order valence-corrected chi connectivity index (χ1v) is 5.56. The van der Waals surface area contributed by atoms with Crippen LogP contribution < -0.4 is 5.32 Å². The van der Waals surface area contributed by atoms with Crippen LogP contribution >= 0.6 is 11.6 Å². The molecule has 0 aliphatic heterocycles. The number of hydrogen-bond donors (Lipinski definition) is 1. The molecule has 0 aliphatic carbocycles. The lowest BCUT2D eigenvalue weighted by Crippen LogP contribution is -2.24. The van der Waals surface area contributed by atoms with Gasteiger partial charge in [-0.3, -0.25) is 4.79 Å².